The van der Waals surface area contributed by atoms with Crippen LogP contribution in [0.5, 0.6) is 0 Å². The van der Waals surface area contributed by atoms with Crippen molar-refractivity contribution in [3.8, 4) is 0 Å². The zero-order chi connectivity index (χ0) is 9.19. The van der Waals surface area contributed by atoms with Gasteiger partial charge in [-0.3, -0.25) is 0 Å². The highest BCUT2D eigenvalue weighted by Crippen LogP contribution is 2.29. The quantitative estimate of drug-likeness (QED) is 0.702. The van der Waals surface area contributed by atoms with E-state index in [0.29, 0.717) is 5.92 Å². The molecule has 1 aliphatic carbocycles. The van der Waals surface area contributed by atoms with E-state index in [4.69, 9.17) is 9.84 Å². The van der Waals surface area contributed by atoms with Crippen molar-refractivity contribution in [3.63, 3.8) is 0 Å². The first-order valence-corrected chi connectivity index (χ1v) is 4.85. The van der Waals surface area contributed by atoms with Crippen LogP contribution >= 0.6 is 0 Å². The van der Waals surface area contributed by atoms with Crippen LogP contribution in [-0.2, 0) is 4.74 Å². The lowest BCUT2D eigenvalue weighted by Gasteiger charge is -2.34. The van der Waals surface area contributed by atoms with Crippen LogP contribution in [0, 0.1) is 5.92 Å². The molecule has 0 spiro atoms. The highest BCUT2D eigenvalue weighted by atomic mass is 16.5. The molecular weight excluding hydrogens is 152 g/mol. The number of aliphatic hydroxyl groups is 1. The van der Waals surface area contributed by atoms with Crippen LogP contribution in [-0.4, -0.2) is 23.4 Å². The summed E-state index contributed by atoms with van der Waals surface area (Å²) in [6.45, 7) is 7.18. The third kappa shape index (κ3) is 2.76. The molecule has 0 aliphatic heterocycles. The molecule has 72 valence electrons. The Bertz CT molecular complexity index is 137. The van der Waals surface area contributed by atoms with Crippen LogP contribution in [0.15, 0.2) is 0 Å². The summed E-state index contributed by atoms with van der Waals surface area (Å²) in [5.41, 5.74) is 0.0144. The number of hydrogen-bond acceptors (Lipinski definition) is 2. The molecule has 0 radical (unpaired) electrons. The summed E-state index contributed by atoms with van der Waals surface area (Å²) in [5, 5.41) is 9.05. The van der Waals surface area contributed by atoms with Gasteiger partial charge in [-0.15, -0.1) is 0 Å². The standard InChI is InChI=1S/C10H20O2/c1-4-10(2,3)12-7-8-5-9(11)6-8/h8-9,11H,4-7H2,1-3H3. The smallest absolute Gasteiger partial charge is 0.0624 e. The Hall–Kier alpha value is -0.0800. The first-order valence-electron chi connectivity index (χ1n) is 4.85. The zero-order valence-electron chi connectivity index (χ0n) is 8.34. The number of rotatable bonds is 4. The highest BCUT2D eigenvalue weighted by Gasteiger charge is 2.29. The highest BCUT2D eigenvalue weighted by molar-refractivity contribution is 4.79. The van der Waals surface area contributed by atoms with E-state index in [-0.39, 0.29) is 11.7 Å². The second-order valence-electron chi connectivity index (χ2n) is 4.42. The molecule has 2 heteroatoms. The summed E-state index contributed by atoms with van der Waals surface area (Å²) in [5.74, 6) is 0.603. The fraction of sp³-hybridized carbons (Fsp3) is 1.00. The fourth-order valence-corrected chi connectivity index (χ4v) is 1.28. The molecule has 0 aromatic heterocycles. The molecule has 12 heavy (non-hydrogen) atoms. The number of aliphatic hydroxyl groups excluding tert-OH is 1. The van der Waals surface area contributed by atoms with Gasteiger partial charge < -0.3 is 9.84 Å². The average Bonchev–Trinajstić information content (AvgIpc) is 1.96. The van der Waals surface area contributed by atoms with Crippen LogP contribution in [0.4, 0.5) is 0 Å². The second kappa shape index (κ2) is 3.75. The minimum Gasteiger partial charge on any atom is -0.393 e. The summed E-state index contributed by atoms with van der Waals surface area (Å²) in [6.07, 6.45) is 2.85. The van der Waals surface area contributed by atoms with Gasteiger partial charge in [-0.05, 0) is 39.0 Å². The third-order valence-corrected chi connectivity index (χ3v) is 2.77. The first-order chi connectivity index (χ1) is 5.53. The van der Waals surface area contributed by atoms with Crippen LogP contribution < -0.4 is 0 Å². The zero-order valence-corrected chi connectivity index (χ0v) is 8.34. The van der Waals surface area contributed by atoms with Crippen molar-refractivity contribution in [1.82, 2.24) is 0 Å². The number of ether oxygens (including phenoxy) is 1. The van der Waals surface area contributed by atoms with E-state index in [1.54, 1.807) is 0 Å². The molecule has 0 atom stereocenters. The predicted molar refractivity (Wildman–Crippen MR) is 49.1 cm³/mol. The molecule has 1 rings (SSSR count). The maximum Gasteiger partial charge on any atom is 0.0624 e. The molecule has 1 saturated carbocycles. The summed E-state index contributed by atoms with van der Waals surface area (Å²) in [4.78, 5) is 0. The molecular formula is C10H20O2. The van der Waals surface area contributed by atoms with Gasteiger partial charge in [0.15, 0.2) is 0 Å². The van der Waals surface area contributed by atoms with Gasteiger partial charge in [0.2, 0.25) is 0 Å². The monoisotopic (exact) mass is 172 g/mol. The van der Waals surface area contributed by atoms with E-state index in [1.807, 2.05) is 0 Å². The van der Waals surface area contributed by atoms with Crippen LogP contribution in [0.3, 0.4) is 0 Å². The van der Waals surface area contributed by atoms with Crippen molar-refractivity contribution >= 4 is 0 Å². The largest absolute Gasteiger partial charge is 0.393 e. The van der Waals surface area contributed by atoms with Crippen LogP contribution in [0.25, 0.3) is 0 Å². The van der Waals surface area contributed by atoms with Crippen molar-refractivity contribution in [2.45, 2.75) is 51.7 Å². The van der Waals surface area contributed by atoms with Gasteiger partial charge in [0.25, 0.3) is 0 Å². The van der Waals surface area contributed by atoms with Gasteiger partial charge in [-0.1, -0.05) is 6.92 Å². The molecule has 2 nitrogen and oxygen atoms in total. The topological polar surface area (TPSA) is 29.5 Å². The van der Waals surface area contributed by atoms with E-state index in [2.05, 4.69) is 20.8 Å². The lowest BCUT2D eigenvalue weighted by atomic mass is 9.83. The minimum atomic E-state index is -0.0525. The van der Waals surface area contributed by atoms with E-state index < -0.39 is 0 Å². The molecule has 0 heterocycles. The van der Waals surface area contributed by atoms with Crippen molar-refractivity contribution in [2.24, 2.45) is 5.92 Å². The van der Waals surface area contributed by atoms with Crippen molar-refractivity contribution in [2.75, 3.05) is 6.61 Å². The van der Waals surface area contributed by atoms with Crippen molar-refractivity contribution in [3.05, 3.63) is 0 Å². The molecule has 1 aliphatic rings. The molecule has 1 fully saturated rings. The normalized spacial score (nSPS) is 30.0. The average molecular weight is 172 g/mol. The van der Waals surface area contributed by atoms with E-state index >= 15 is 0 Å². The van der Waals surface area contributed by atoms with E-state index in [0.717, 1.165) is 25.9 Å². The fourth-order valence-electron chi connectivity index (χ4n) is 1.28. The lowest BCUT2D eigenvalue weighted by molar-refractivity contribution is -0.0747. The van der Waals surface area contributed by atoms with Crippen LogP contribution in [0.1, 0.15) is 40.0 Å². The van der Waals surface area contributed by atoms with E-state index in [9.17, 15) is 0 Å². The maximum atomic E-state index is 9.05. The Kier molecular flexibility index (Phi) is 3.13. The summed E-state index contributed by atoms with van der Waals surface area (Å²) in [6, 6.07) is 0. The maximum absolute atomic E-state index is 9.05. The Morgan fingerprint density at radius 2 is 2.00 bits per heavy atom. The molecule has 0 bridgehead atoms. The van der Waals surface area contributed by atoms with Gasteiger partial charge in [-0.25, -0.2) is 0 Å². The SMILES string of the molecule is CCC(C)(C)OCC1CC(O)C1. The molecule has 0 unspecified atom stereocenters. The Labute approximate surface area is 74.9 Å². The summed E-state index contributed by atoms with van der Waals surface area (Å²) in [7, 11) is 0. The molecule has 0 aromatic carbocycles. The second-order valence-corrected chi connectivity index (χ2v) is 4.42. The Balaban J connectivity index is 2.10. The first kappa shape index (κ1) is 10.0. The van der Waals surface area contributed by atoms with Gasteiger partial charge in [0.05, 0.1) is 18.3 Å². The molecule has 0 aromatic rings. The van der Waals surface area contributed by atoms with Crippen molar-refractivity contribution in [1.29, 1.82) is 0 Å². The Morgan fingerprint density at radius 3 is 2.42 bits per heavy atom. The summed E-state index contributed by atoms with van der Waals surface area (Å²) < 4.78 is 5.72. The third-order valence-electron chi connectivity index (χ3n) is 2.77. The Morgan fingerprint density at radius 1 is 1.42 bits per heavy atom. The van der Waals surface area contributed by atoms with Gasteiger partial charge >= 0.3 is 0 Å². The van der Waals surface area contributed by atoms with E-state index in [1.165, 1.54) is 0 Å². The molecule has 1 N–H and O–H groups in total. The molecule has 0 saturated heterocycles. The molecule has 0 amide bonds. The van der Waals surface area contributed by atoms with Gasteiger partial charge in [-0.2, -0.15) is 0 Å². The predicted octanol–water partition coefficient (Wildman–Crippen LogP) is 1.96. The minimum absolute atomic E-state index is 0.0144. The van der Waals surface area contributed by atoms with Gasteiger partial charge in [0, 0.05) is 0 Å². The summed E-state index contributed by atoms with van der Waals surface area (Å²) >= 11 is 0. The lowest BCUT2D eigenvalue weighted by Crippen LogP contribution is -2.35. The van der Waals surface area contributed by atoms with Gasteiger partial charge in [0.1, 0.15) is 0 Å². The van der Waals surface area contributed by atoms with Crippen molar-refractivity contribution < 1.29 is 9.84 Å². The van der Waals surface area contributed by atoms with Crippen LogP contribution in [0.2, 0.25) is 0 Å². The number of hydrogen-bond donors (Lipinski definition) is 1.